The highest BCUT2D eigenvalue weighted by Crippen LogP contribution is 2.29. The average Bonchev–Trinajstić information content (AvgIpc) is 3.63. The molecule has 3 aromatic rings. The zero-order chi connectivity index (χ0) is 20.9. The topological polar surface area (TPSA) is 59.1 Å². The summed E-state index contributed by atoms with van der Waals surface area (Å²) >= 11 is 0. The molecular formula is C25H23NO4. The van der Waals surface area contributed by atoms with E-state index in [1.54, 1.807) is 54.6 Å². The molecule has 5 nitrogen and oxygen atoms in total. The number of ether oxygens (including phenoxy) is 2. The van der Waals surface area contributed by atoms with E-state index in [-0.39, 0.29) is 12.0 Å². The van der Waals surface area contributed by atoms with Crippen LogP contribution in [-0.2, 0) is 11.2 Å². The monoisotopic (exact) mass is 401 g/mol. The number of hydrogen-bond acceptors (Lipinski definition) is 4. The summed E-state index contributed by atoms with van der Waals surface area (Å²) < 4.78 is 11.2. The summed E-state index contributed by atoms with van der Waals surface area (Å²) in [6.07, 6.45) is 0.772. The fraction of sp³-hybridized carbons (Fsp3) is 0.200. The van der Waals surface area contributed by atoms with Gasteiger partial charge in [-0.05, 0) is 42.3 Å². The highest BCUT2D eigenvalue weighted by molar-refractivity contribution is 6.26. The predicted octanol–water partition coefficient (Wildman–Crippen LogP) is 4.51. The molecule has 1 aliphatic rings. The van der Waals surface area contributed by atoms with Crippen molar-refractivity contribution in [3.05, 3.63) is 95.6 Å². The predicted molar refractivity (Wildman–Crippen MR) is 115 cm³/mol. The Bertz CT molecular complexity index is 1030. The van der Waals surface area contributed by atoms with Crippen LogP contribution in [0.5, 0.6) is 5.75 Å². The number of nitrogens with zero attached hydrogens (tertiary/aromatic N) is 1. The van der Waals surface area contributed by atoms with Crippen molar-refractivity contribution >= 4 is 17.5 Å². The van der Waals surface area contributed by atoms with Crippen molar-refractivity contribution in [2.45, 2.75) is 19.4 Å². The maximum Gasteiger partial charge on any atom is 0.269 e. The van der Waals surface area contributed by atoms with Gasteiger partial charge in [0.05, 0.1) is 17.9 Å². The summed E-state index contributed by atoms with van der Waals surface area (Å²) in [6, 6.07) is 23.2. The molecule has 2 amide bonds. The number of benzene rings is 3. The minimum absolute atomic E-state index is 0.0639. The zero-order valence-electron chi connectivity index (χ0n) is 16.8. The maximum absolute atomic E-state index is 13.7. The lowest BCUT2D eigenvalue weighted by molar-refractivity contribution is 0.0895. The quantitative estimate of drug-likeness (QED) is 0.432. The molecule has 1 aliphatic heterocycles. The third kappa shape index (κ3) is 4.26. The first-order valence-corrected chi connectivity index (χ1v) is 10.0. The van der Waals surface area contributed by atoms with E-state index < -0.39 is 5.91 Å². The number of amides is 2. The van der Waals surface area contributed by atoms with E-state index in [4.69, 9.17) is 9.47 Å². The summed E-state index contributed by atoms with van der Waals surface area (Å²) in [5.41, 5.74) is 2.23. The van der Waals surface area contributed by atoms with Crippen molar-refractivity contribution in [2.24, 2.45) is 0 Å². The van der Waals surface area contributed by atoms with Gasteiger partial charge in [0, 0.05) is 5.56 Å². The SMILES string of the molecule is CCc1cccc(C(=O)N(C(=O)c2ccccc2)c2ccccc2)c1OCC1CO1. The van der Waals surface area contributed by atoms with E-state index in [9.17, 15) is 9.59 Å². The van der Waals surface area contributed by atoms with Gasteiger partial charge >= 0.3 is 0 Å². The van der Waals surface area contributed by atoms with E-state index in [0.29, 0.717) is 42.2 Å². The smallest absolute Gasteiger partial charge is 0.269 e. The number of hydrogen-bond donors (Lipinski definition) is 0. The number of aryl methyl sites for hydroxylation is 1. The van der Waals surface area contributed by atoms with Crippen molar-refractivity contribution in [1.82, 2.24) is 0 Å². The van der Waals surface area contributed by atoms with Crippen molar-refractivity contribution in [1.29, 1.82) is 0 Å². The first-order valence-electron chi connectivity index (χ1n) is 10.0. The summed E-state index contributed by atoms with van der Waals surface area (Å²) in [6.45, 7) is 3.06. The molecule has 1 fully saturated rings. The van der Waals surface area contributed by atoms with Crippen LogP contribution in [0.1, 0.15) is 33.2 Å². The maximum atomic E-state index is 13.7. The molecule has 1 unspecified atom stereocenters. The molecule has 3 aromatic carbocycles. The molecule has 0 bridgehead atoms. The zero-order valence-corrected chi connectivity index (χ0v) is 16.8. The van der Waals surface area contributed by atoms with Gasteiger partial charge in [-0.1, -0.05) is 55.5 Å². The number of carbonyl (C=O) groups excluding carboxylic acids is 2. The van der Waals surface area contributed by atoms with Crippen LogP contribution in [-0.4, -0.2) is 31.1 Å². The number of carbonyl (C=O) groups is 2. The molecule has 0 N–H and O–H groups in total. The van der Waals surface area contributed by atoms with Crippen LogP contribution in [0.3, 0.4) is 0 Å². The Morgan fingerprint density at radius 3 is 2.23 bits per heavy atom. The Kier molecular flexibility index (Phi) is 5.91. The fourth-order valence-corrected chi connectivity index (χ4v) is 3.28. The van der Waals surface area contributed by atoms with Crippen molar-refractivity contribution < 1.29 is 19.1 Å². The Morgan fingerprint density at radius 2 is 1.60 bits per heavy atom. The molecule has 1 atom stereocenters. The van der Waals surface area contributed by atoms with E-state index in [1.165, 1.54) is 4.90 Å². The summed E-state index contributed by atoms with van der Waals surface area (Å²) in [7, 11) is 0. The Morgan fingerprint density at radius 1 is 0.933 bits per heavy atom. The molecule has 1 heterocycles. The molecule has 0 aliphatic carbocycles. The molecule has 30 heavy (non-hydrogen) atoms. The number of imide groups is 1. The number of rotatable bonds is 7. The van der Waals surface area contributed by atoms with E-state index in [2.05, 4.69) is 0 Å². The van der Waals surface area contributed by atoms with Crippen LogP contribution in [0.25, 0.3) is 0 Å². The van der Waals surface area contributed by atoms with Crippen molar-refractivity contribution in [3.63, 3.8) is 0 Å². The minimum atomic E-state index is -0.419. The summed E-state index contributed by atoms with van der Waals surface area (Å²) in [5.74, 6) is -0.287. The molecule has 152 valence electrons. The lowest BCUT2D eigenvalue weighted by Gasteiger charge is -2.23. The van der Waals surface area contributed by atoms with Crippen LogP contribution < -0.4 is 9.64 Å². The molecule has 0 radical (unpaired) electrons. The lowest BCUT2D eigenvalue weighted by Crippen LogP contribution is -2.37. The van der Waals surface area contributed by atoms with Crippen molar-refractivity contribution in [2.75, 3.05) is 18.1 Å². The van der Waals surface area contributed by atoms with Gasteiger partial charge in [-0.25, -0.2) is 4.90 Å². The normalized spacial score (nSPS) is 14.8. The second-order valence-corrected chi connectivity index (χ2v) is 7.06. The molecule has 1 saturated heterocycles. The van der Waals surface area contributed by atoms with Gasteiger partial charge in [-0.2, -0.15) is 0 Å². The van der Waals surface area contributed by atoms with Crippen LogP contribution in [0.4, 0.5) is 5.69 Å². The average molecular weight is 401 g/mol. The van der Waals surface area contributed by atoms with E-state index >= 15 is 0 Å². The fourth-order valence-electron chi connectivity index (χ4n) is 3.28. The van der Waals surface area contributed by atoms with Gasteiger partial charge in [0.25, 0.3) is 11.8 Å². The highest BCUT2D eigenvalue weighted by atomic mass is 16.6. The van der Waals surface area contributed by atoms with Gasteiger partial charge in [-0.15, -0.1) is 0 Å². The molecular weight excluding hydrogens is 378 g/mol. The minimum Gasteiger partial charge on any atom is -0.490 e. The third-order valence-corrected chi connectivity index (χ3v) is 4.97. The highest BCUT2D eigenvalue weighted by Gasteiger charge is 2.30. The first kappa shape index (κ1) is 19.9. The Balaban J connectivity index is 1.76. The molecule has 5 heteroatoms. The van der Waals surface area contributed by atoms with Crippen molar-refractivity contribution in [3.8, 4) is 5.75 Å². The second-order valence-electron chi connectivity index (χ2n) is 7.06. The lowest BCUT2D eigenvalue weighted by atomic mass is 10.0. The van der Waals surface area contributed by atoms with Gasteiger partial charge < -0.3 is 9.47 Å². The van der Waals surface area contributed by atoms with E-state index in [1.807, 2.05) is 31.2 Å². The summed E-state index contributed by atoms with van der Waals surface area (Å²) in [5, 5.41) is 0. The number of anilines is 1. The van der Waals surface area contributed by atoms with Gasteiger partial charge in [0.2, 0.25) is 0 Å². The van der Waals surface area contributed by atoms with Gasteiger partial charge in [-0.3, -0.25) is 9.59 Å². The molecule has 0 aromatic heterocycles. The van der Waals surface area contributed by atoms with Crippen LogP contribution in [0.15, 0.2) is 78.9 Å². The molecule has 0 saturated carbocycles. The number of epoxide rings is 1. The Hall–Kier alpha value is -3.44. The third-order valence-electron chi connectivity index (χ3n) is 4.97. The summed E-state index contributed by atoms with van der Waals surface area (Å²) in [4.78, 5) is 28.3. The van der Waals surface area contributed by atoms with Crippen LogP contribution in [0, 0.1) is 0 Å². The van der Waals surface area contributed by atoms with Gasteiger partial charge in [0.15, 0.2) is 0 Å². The first-order chi connectivity index (χ1) is 14.7. The van der Waals surface area contributed by atoms with E-state index in [0.717, 1.165) is 5.56 Å². The molecule has 4 rings (SSSR count). The second kappa shape index (κ2) is 8.93. The van der Waals surface area contributed by atoms with Gasteiger partial charge in [0.1, 0.15) is 18.5 Å². The number of para-hydroxylation sites is 2. The molecule has 0 spiro atoms. The van der Waals surface area contributed by atoms with Crippen LogP contribution in [0.2, 0.25) is 0 Å². The Labute approximate surface area is 175 Å². The standard InChI is InChI=1S/C25H23NO4/c1-2-18-12-9-15-22(23(18)30-17-21-16-29-21)25(28)26(20-13-7-4-8-14-20)24(27)19-10-5-3-6-11-19/h3-15,21H,2,16-17H2,1H3. The van der Waals surface area contributed by atoms with Crippen LogP contribution >= 0.6 is 0 Å². The largest absolute Gasteiger partial charge is 0.490 e.